The molecule has 6 nitrogen and oxygen atoms in total. The van der Waals surface area contributed by atoms with E-state index in [4.69, 9.17) is 10.5 Å². The van der Waals surface area contributed by atoms with Crippen LogP contribution >= 0.6 is 0 Å². The van der Waals surface area contributed by atoms with Crippen molar-refractivity contribution in [2.24, 2.45) is 5.73 Å². The van der Waals surface area contributed by atoms with Crippen molar-refractivity contribution in [2.45, 2.75) is 32.2 Å². The topological polar surface area (TPSA) is 85.1 Å². The second-order valence-electron chi connectivity index (χ2n) is 5.11. The molecule has 1 aromatic rings. The quantitative estimate of drug-likeness (QED) is 0.587. The van der Waals surface area contributed by atoms with Crippen LogP contribution in [0.4, 0.5) is 11.6 Å². The van der Waals surface area contributed by atoms with Gasteiger partial charge in [0, 0.05) is 31.9 Å². The molecule has 0 aromatic carbocycles. The zero-order chi connectivity index (χ0) is 14.1. The zero-order valence-electron chi connectivity index (χ0n) is 12.1. The van der Waals surface area contributed by atoms with Gasteiger partial charge in [-0.15, -0.1) is 0 Å². The van der Waals surface area contributed by atoms with Gasteiger partial charge in [0.25, 0.3) is 0 Å². The van der Waals surface area contributed by atoms with Gasteiger partial charge in [0.05, 0.1) is 0 Å². The zero-order valence-corrected chi connectivity index (χ0v) is 12.1. The van der Waals surface area contributed by atoms with E-state index in [0.717, 1.165) is 37.6 Å². The second kappa shape index (κ2) is 7.91. The summed E-state index contributed by atoms with van der Waals surface area (Å²) in [5, 5.41) is 6.61. The average molecular weight is 267 g/mol. The van der Waals surface area contributed by atoms with Gasteiger partial charge in [0.15, 0.2) is 0 Å². The Bertz CT molecular complexity index is 370. The fraction of sp³-hybridized carbons (Fsp3) is 0.692. The van der Waals surface area contributed by atoms with Gasteiger partial charge < -0.3 is 21.1 Å². The molecule has 6 heteroatoms. The van der Waals surface area contributed by atoms with Gasteiger partial charge in [0.2, 0.25) is 0 Å². The number of nitrogens with zero attached hydrogens (tertiary/aromatic N) is 2. The molecule has 0 saturated carbocycles. The molecule has 4 N–H and O–H groups in total. The number of nitrogens with two attached hydrogens (primary N) is 1. The highest BCUT2D eigenvalue weighted by atomic mass is 16.5. The van der Waals surface area contributed by atoms with Crippen LogP contribution < -0.4 is 16.4 Å². The van der Waals surface area contributed by atoms with Gasteiger partial charge in [-0.05, 0) is 33.2 Å². The van der Waals surface area contributed by atoms with Crippen LogP contribution in [-0.2, 0) is 4.74 Å². The first-order valence-electron chi connectivity index (χ1n) is 6.60. The van der Waals surface area contributed by atoms with Crippen LogP contribution in [0.3, 0.4) is 0 Å². The lowest BCUT2D eigenvalue weighted by Gasteiger charge is -2.26. The van der Waals surface area contributed by atoms with Gasteiger partial charge >= 0.3 is 0 Å². The number of ether oxygens (including phenoxy) is 1. The van der Waals surface area contributed by atoms with Crippen molar-refractivity contribution < 1.29 is 4.74 Å². The van der Waals surface area contributed by atoms with E-state index >= 15 is 0 Å². The molecule has 0 saturated heterocycles. The van der Waals surface area contributed by atoms with Crippen LogP contribution in [-0.4, -0.2) is 42.3 Å². The first-order chi connectivity index (χ1) is 9.07. The maximum atomic E-state index is 5.60. The van der Waals surface area contributed by atoms with E-state index in [9.17, 15) is 0 Å². The van der Waals surface area contributed by atoms with E-state index in [0.29, 0.717) is 6.54 Å². The second-order valence-corrected chi connectivity index (χ2v) is 5.11. The lowest BCUT2D eigenvalue weighted by molar-refractivity contribution is 0.198. The molecule has 1 aromatic heterocycles. The molecule has 1 heterocycles. The molecule has 0 unspecified atom stereocenters. The summed E-state index contributed by atoms with van der Waals surface area (Å²) < 4.78 is 5.00. The van der Waals surface area contributed by atoms with Crippen molar-refractivity contribution in [3.8, 4) is 0 Å². The summed E-state index contributed by atoms with van der Waals surface area (Å²) in [6, 6.07) is 1.91. The minimum Gasteiger partial charge on any atom is -0.385 e. The SMILES string of the molecule is COCCCNc1cc(NC(C)(C)CCN)ncn1. The fourth-order valence-electron chi connectivity index (χ4n) is 1.73. The highest BCUT2D eigenvalue weighted by molar-refractivity contribution is 5.47. The maximum absolute atomic E-state index is 5.60. The summed E-state index contributed by atoms with van der Waals surface area (Å²) in [6.07, 6.45) is 3.38. The lowest BCUT2D eigenvalue weighted by Crippen LogP contribution is -2.33. The molecule has 0 amide bonds. The van der Waals surface area contributed by atoms with E-state index < -0.39 is 0 Å². The fourth-order valence-corrected chi connectivity index (χ4v) is 1.73. The summed E-state index contributed by atoms with van der Waals surface area (Å²) in [6.45, 7) is 6.43. The molecule has 0 bridgehead atoms. The molecule has 0 spiro atoms. The summed E-state index contributed by atoms with van der Waals surface area (Å²) >= 11 is 0. The van der Waals surface area contributed by atoms with Crippen LogP contribution in [0.15, 0.2) is 12.4 Å². The largest absolute Gasteiger partial charge is 0.385 e. The van der Waals surface area contributed by atoms with Crippen LogP contribution in [0.5, 0.6) is 0 Å². The molecular formula is C13H25N5O. The predicted octanol–water partition coefficient (Wildman–Crippen LogP) is 1.46. The van der Waals surface area contributed by atoms with Crippen molar-refractivity contribution in [2.75, 3.05) is 37.4 Å². The van der Waals surface area contributed by atoms with E-state index in [-0.39, 0.29) is 5.54 Å². The Morgan fingerprint density at radius 2 is 2.05 bits per heavy atom. The van der Waals surface area contributed by atoms with E-state index in [1.165, 1.54) is 0 Å². The van der Waals surface area contributed by atoms with Crippen molar-refractivity contribution >= 4 is 11.6 Å². The molecule has 0 aliphatic carbocycles. The molecule has 0 fully saturated rings. The van der Waals surface area contributed by atoms with E-state index in [1.54, 1.807) is 13.4 Å². The summed E-state index contributed by atoms with van der Waals surface area (Å²) in [5.41, 5.74) is 5.52. The predicted molar refractivity (Wildman–Crippen MR) is 78.4 cm³/mol. The molecule has 0 atom stereocenters. The Morgan fingerprint density at radius 3 is 2.74 bits per heavy atom. The van der Waals surface area contributed by atoms with Gasteiger partial charge in [0.1, 0.15) is 18.0 Å². The molecular weight excluding hydrogens is 242 g/mol. The van der Waals surface area contributed by atoms with Crippen LogP contribution in [0.2, 0.25) is 0 Å². The normalized spacial score (nSPS) is 11.4. The molecule has 1 rings (SSSR count). The molecule has 0 aliphatic heterocycles. The number of hydrogen-bond acceptors (Lipinski definition) is 6. The summed E-state index contributed by atoms with van der Waals surface area (Å²) in [4.78, 5) is 8.41. The highest BCUT2D eigenvalue weighted by Crippen LogP contribution is 2.17. The standard InChI is InChI=1S/C13H25N5O/c1-13(2,5-6-14)18-12-9-11(16-10-17-12)15-7-4-8-19-3/h9-10H,4-8,14H2,1-3H3,(H2,15,16,17,18). The summed E-state index contributed by atoms with van der Waals surface area (Å²) in [7, 11) is 1.70. The third-order valence-electron chi connectivity index (χ3n) is 2.73. The smallest absolute Gasteiger partial charge is 0.131 e. The van der Waals surface area contributed by atoms with Crippen molar-refractivity contribution in [3.63, 3.8) is 0 Å². The van der Waals surface area contributed by atoms with Gasteiger partial charge in [-0.1, -0.05) is 0 Å². The van der Waals surface area contributed by atoms with Crippen molar-refractivity contribution in [1.29, 1.82) is 0 Å². The number of aromatic nitrogens is 2. The van der Waals surface area contributed by atoms with Crippen LogP contribution in [0.25, 0.3) is 0 Å². The molecule has 0 aliphatic rings. The average Bonchev–Trinajstić information content (AvgIpc) is 2.34. The minimum absolute atomic E-state index is 0.0730. The Labute approximate surface area is 115 Å². The maximum Gasteiger partial charge on any atom is 0.131 e. The number of hydrogen-bond donors (Lipinski definition) is 3. The Balaban J connectivity index is 2.52. The molecule has 108 valence electrons. The van der Waals surface area contributed by atoms with Crippen molar-refractivity contribution in [1.82, 2.24) is 9.97 Å². The van der Waals surface area contributed by atoms with Crippen LogP contribution in [0, 0.1) is 0 Å². The Kier molecular flexibility index (Phi) is 6.52. The Morgan fingerprint density at radius 1 is 1.32 bits per heavy atom. The van der Waals surface area contributed by atoms with Gasteiger partial charge in [-0.25, -0.2) is 9.97 Å². The van der Waals surface area contributed by atoms with E-state index in [1.807, 2.05) is 6.07 Å². The minimum atomic E-state index is -0.0730. The first kappa shape index (κ1) is 15.7. The lowest BCUT2D eigenvalue weighted by atomic mass is 10.0. The number of anilines is 2. The molecule has 19 heavy (non-hydrogen) atoms. The number of rotatable bonds is 9. The monoisotopic (exact) mass is 267 g/mol. The van der Waals surface area contributed by atoms with E-state index in [2.05, 4.69) is 34.4 Å². The third kappa shape index (κ3) is 6.35. The van der Waals surface area contributed by atoms with Crippen molar-refractivity contribution in [3.05, 3.63) is 12.4 Å². The highest BCUT2D eigenvalue weighted by Gasteiger charge is 2.16. The third-order valence-corrected chi connectivity index (χ3v) is 2.73. The van der Waals surface area contributed by atoms with Crippen LogP contribution in [0.1, 0.15) is 26.7 Å². The molecule has 0 radical (unpaired) electrons. The van der Waals surface area contributed by atoms with Gasteiger partial charge in [-0.2, -0.15) is 0 Å². The first-order valence-corrected chi connectivity index (χ1v) is 6.60. The number of nitrogens with one attached hydrogen (secondary N) is 2. The Hall–Kier alpha value is -1.40. The summed E-state index contributed by atoms with van der Waals surface area (Å²) in [5.74, 6) is 1.62. The van der Waals surface area contributed by atoms with Gasteiger partial charge in [-0.3, -0.25) is 0 Å². The number of methoxy groups -OCH3 is 1.